The van der Waals surface area contributed by atoms with Gasteiger partial charge in [-0.1, -0.05) is 34.8 Å². The van der Waals surface area contributed by atoms with Gasteiger partial charge in [-0.2, -0.15) is 5.26 Å². The van der Waals surface area contributed by atoms with E-state index in [-0.39, 0.29) is 12.5 Å². The number of hydrogen-bond donors (Lipinski definition) is 2. The van der Waals surface area contributed by atoms with Crippen molar-refractivity contribution in [3.8, 4) is 6.07 Å². The first kappa shape index (κ1) is 16.4. The van der Waals surface area contributed by atoms with Crippen LogP contribution in [-0.4, -0.2) is 12.5 Å². The van der Waals surface area contributed by atoms with E-state index in [1.807, 2.05) is 6.07 Å². The summed E-state index contributed by atoms with van der Waals surface area (Å²) >= 11 is 17.7. The lowest BCUT2D eigenvalue weighted by atomic mass is 10.2. The van der Waals surface area contributed by atoms with Gasteiger partial charge in [0.2, 0.25) is 5.91 Å². The third-order valence-corrected chi connectivity index (χ3v) is 3.79. The van der Waals surface area contributed by atoms with Crippen molar-refractivity contribution in [2.24, 2.45) is 0 Å². The highest BCUT2D eigenvalue weighted by molar-refractivity contribution is 6.44. The zero-order valence-electron chi connectivity index (χ0n) is 11.2. The number of benzene rings is 2. The van der Waals surface area contributed by atoms with E-state index >= 15 is 0 Å². The number of anilines is 2. The van der Waals surface area contributed by atoms with Crippen LogP contribution in [0.3, 0.4) is 0 Å². The van der Waals surface area contributed by atoms with E-state index in [0.29, 0.717) is 26.3 Å². The summed E-state index contributed by atoms with van der Waals surface area (Å²) in [6, 6.07) is 11.7. The molecule has 0 aromatic heterocycles. The number of amides is 1. The Bertz CT molecular complexity index is 739. The monoisotopic (exact) mass is 353 g/mol. The lowest BCUT2D eigenvalue weighted by Gasteiger charge is -2.10. The molecular formula is C15H10Cl3N3O. The van der Waals surface area contributed by atoms with E-state index in [2.05, 4.69) is 10.6 Å². The van der Waals surface area contributed by atoms with Crippen molar-refractivity contribution in [3.05, 3.63) is 57.0 Å². The van der Waals surface area contributed by atoms with Gasteiger partial charge >= 0.3 is 0 Å². The molecule has 0 unspecified atom stereocenters. The standard InChI is InChI=1S/C15H10Cl3N3O/c16-11-5-13(18)14(6-12(11)17)21-15(22)8-20-10-3-1-9(7-19)2-4-10/h1-6,20H,8H2,(H,21,22). The van der Waals surface area contributed by atoms with Crippen molar-refractivity contribution in [3.63, 3.8) is 0 Å². The van der Waals surface area contributed by atoms with Gasteiger partial charge in [0.15, 0.2) is 0 Å². The van der Waals surface area contributed by atoms with Gasteiger partial charge in [-0.3, -0.25) is 4.79 Å². The summed E-state index contributed by atoms with van der Waals surface area (Å²) in [5, 5.41) is 15.2. The van der Waals surface area contributed by atoms with Crippen LogP contribution >= 0.6 is 34.8 Å². The molecule has 7 heteroatoms. The number of nitriles is 1. The van der Waals surface area contributed by atoms with Gasteiger partial charge in [-0.05, 0) is 36.4 Å². The number of halogens is 3. The van der Waals surface area contributed by atoms with Crippen LogP contribution in [0.2, 0.25) is 15.1 Å². The Morgan fingerprint density at radius 3 is 2.32 bits per heavy atom. The molecule has 0 heterocycles. The van der Waals surface area contributed by atoms with Crippen molar-refractivity contribution in [1.82, 2.24) is 0 Å². The van der Waals surface area contributed by atoms with E-state index in [1.165, 1.54) is 12.1 Å². The summed E-state index contributed by atoms with van der Waals surface area (Å²) in [6.07, 6.45) is 0. The maximum atomic E-state index is 11.9. The molecule has 0 bridgehead atoms. The van der Waals surface area contributed by atoms with Crippen LogP contribution in [0.25, 0.3) is 0 Å². The predicted octanol–water partition coefficient (Wildman–Crippen LogP) is 4.57. The fourth-order valence-corrected chi connectivity index (χ4v) is 2.25. The summed E-state index contributed by atoms with van der Waals surface area (Å²) in [4.78, 5) is 11.9. The fourth-order valence-electron chi connectivity index (χ4n) is 1.66. The summed E-state index contributed by atoms with van der Waals surface area (Å²) in [6.45, 7) is 0.0441. The number of nitrogens with one attached hydrogen (secondary N) is 2. The van der Waals surface area contributed by atoms with Gasteiger partial charge in [0, 0.05) is 5.69 Å². The summed E-state index contributed by atoms with van der Waals surface area (Å²) < 4.78 is 0. The Kier molecular flexibility index (Phi) is 5.51. The molecule has 0 saturated carbocycles. The SMILES string of the molecule is N#Cc1ccc(NCC(=O)Nc2cc(Cl)c(Cl)cc2Cl)cc1. The molecule has 2 aromatic rings. The predicted molar refractivity (Wildman–Crippen MR) is 89.7 cm³/mol. The van der Waals surface area contributed by atoms with E-state index in [9.17, 15) is 4.79 Å². The Morgan fingerprint density at radius 1 is 1.05 bits per heavy atom. The number of carbonyl (C=O) groups excluding carboxylic acids is 1. The highest BCUT2D eigenvalue weighted by Gasteiger charge is 2.09. The Labute approximate surface area is 142 Å². The molecule has 2 rings (SSSR count). The number of rotatable bonds is 4. The quantitative estimate of drug-likeness (QED) is 0.791. The van der Waals surface area contributed by atoms with Crippen molar-refractivity contribution in [1.29, 1.82) is 5.26 Å². The Balaban J connectivity index is 1.95. The van der Waals surface area contributed by atoms with E-state index in [0.717, 1.165) is 5.69 Å². The molecule has 0 radical (unpaired) electrons. The normalized spacial score (nSPS) is 9.91. The minimum atomic E-state index is -0.287. The molecule has 22 heavy (non-hydrogen) atoms. The fraction of sp³-hybridized carbons (Fsp3) is 0.0667. The molecule has 0 aliphatic rings. The second kappa shape index (κ2) is 7.37. The molecule has 0 aliphatic carbocycles. The number of nitrogens with zero attached hydrogens (tertiary/aromatic N) is 1. The Morgan fingerprint density at radius 2 is 1.68 bits per heavy atom. The first-order chi connectivity index (χ1) is 10.5. The van der Waals surface area contributed by atoms with Gasteiger partial charge in [-0.25, -0.2) is 0 Å². The van der Waals surface area contributed by atoms with Crippen molar-refractivity contribution in [2.75, 3.05) is 17.2 Å². The molecule has 0 saturated heterocycles. The summed E-state index contributed by atoms with van der Waals surface area (Å²) in [5.41, 5.74) is 1.68. The average molecular weight is 355 g/mol. The third kappa shape index (κ3) is 4.28. The minimum absolute atomic E-state index is 0.0441. The van der Waals surface area contributed by atoms with Crippen LogP contribution in [0.4, 0.5) is 11.4 Å². The van der Waals surface area contributed by atoms with Gasteiger partial charge < -0.3 is 10.6 Å². The van der Waals surface area contributed by atoms with Crippen molar-refractivity contribution < 1.29 is 4.79 Å². The zero-order chi connectivity index (χ0) is 16.1. The van der Waals surface area contributed by atoms with Crippen molar-refractivity contribution in [2.45, 2.75) is 0 Å². The maximum Gasteiger partial charge on any atom is 0.243 e. The molecule has 1 amide bonds. The first-order valence-corrected chi connectivity index (χ1v) is 7.31. The zero-order valence-corrected chi connectivity index (χ0v) is 13.4. The highest BCUT2D eigenvalue weighted by Crippen LogP contribution is 2.32. The molecule has 2 N–H and O–H groups in total. The van der Waals surface area contributed by atoms with Crippen LogP contribution in [0.5, 0.6) is 0 Å². The number of carbonyl (C=O) groups is 1. The Hall–Kier alpha value is -1.93. The second-order valence-electron chi connectivity index (χ2n) is 4.34. The highest BCUT2D eigenvalue weighted by atomic mass is 35.5. The molecule has 0 aliphatic heterocycles. The molecule has 2 aromatic carbocycles. The molecule has 0 fully saturated rings. The minimum Gasteiger partial charge on any atom is -0.376 e. The maximum absolute atomic E-state index is 11.9. The van der Waals surface area contributed by atoms with E-state index in [1.54, 1.807) is 24.3 Å². The first-order valence-electron chi connectivity index (χ1n) is 6.18. The largest absolute Gasteiger partial charge is 0.376 e. The topological polar surface area (TPSA) is 64.9 Å². The second-order valence-corrected chi connectivity index (χ2v) is 5.56. The van der Waals surface area contributed by atoms with Crippen LogP contribution in [0.15, 0.2) is 36.4 Å². The van der Waals surface area contributed by atoms with Crippen molar-refractivity contribution >= 4 is 52.1 Å². The molecule has 0 atom stereocenters. The lowest BCUT2D eigenvalue weighted by molar-refractivity contribution is -0.114. The molecule has 4 nitrogen and oxygen atoms in total. The summed E-state index contributed by atoms with van der Waals surface area (Å²) in [5.74, 6) is -0.287. The van der Waals surface area contributed by atoms with E-state index < -0.39 is 0 Å². The van der Waals surface area contributed by atoms with Gasteiger partial charge in [0.1, 0.15) is 0 Å². The molecular weight excluding hydrogens is 345 g/mol. The smallest absolute Gasteiger partial charge is 0.243 e. The average Bonchev–Trinajstić information content (AvgIpc) is 2.51. The molecule has 0 spiro atoms. The van der Waals surface area contributed by atoms with Crippen LogP contribution in [0.1, 0.15) is 5.56 Å². The van der Waals surface area contributed by atoms with Crippen LogP contribution < -0.4 is 10.6 Å². The third-order valence-electron chi connectivity index (χ3n) is 2.75. The number of hydrogen-bond acceptors (Lipinski definition) is 3. The summed E-state index contributed by atoms with van der Waals surface area (Å²) in [7, 11) is 0. The van der Waals surface area contributed by atoms with Gasteiger partial charge in [0.05, 0.1) is 38.9 Å². The van der Waals surface area contributed by atoms with Gasteiger partial charge in [-0.15, -0.1) is 0 Å². The van der Waals surface area contributed by atoms with Crippen LogP contribution in [0, 0.1) is 11.3 Å². The molecule has 112 valence electrons. The van der Waals surface area contributed by atoms with Crippen LogP contribution in [-0.2, 0) is 4.79 Å². The van der Waals surface area contributed by atoms with Gasteiger partial charge in [0.25, 0.3) is 0 Å². The van der Waals surface area contributed by atoms with E-state index in [4.69, 9.17) is 40.1 Å². The lowest BCUT2D eigenvalue weighted by Crippen LogP contribution is -2.21.